The van der Waals surface area contributed by atoms with Crippen molar-refractivity contribution in [1.29, 1.82) is 0 Å². The molecule has 1 aliphatic rings. The van der Waals surface area contributed by atoms with Gasteiger partial charge in [-0.25, -0.2) is 9.18 Å². The van der Waals surface area contributed by atoms with Gasteiger partial charge in [-0.2, -0.15) is 0 Å². The standard InChI is InChI=1S/C23H22FN3O/c24-19-9-11-20(12-10-19)25-23(28)26-21-7-3-5-17(15-21)18-6-4-8-22(16-18)27-13-1-2-14-27/h3-12,15-16H,1-2,13-14H2,(H2,25,26,28). The second kappa shape index (κ2) is 8.13. The number of hydrogen-bond acceptors (Lipinski definition) is 2. The van der Waals surface area contributed by atoms with Crippen molar-refractivity contribution in [3.05, 3.63) is 78.6 Å². The van der Waals surface area contributed by atoms with E-state index >= 15 is 0 Å². The fourth-order valence-corrected chi connectivity index (χ4v) is 3.46. The summed E-state index contributed by atoms with van der Waals surface area (Å²) in [6.07, 6.45) is 2.49. The second-order valence-corrected chi connectivity index (χ2v) is 6.91. The number of benzene rings is 3. The summed E-state index contributed by atoms with van der Waals surface area (Å²) in [6.45, 7) is 2.21. The van der Waals surface area contributed by atoms with Gasteiger partial charge in [-0.15, -0.1) is 0 Å². The lowest BCUT2D eigenvalue weighted by Gasteiger charge is -2.18. The van der Waals surface area contributed by atoms with Crippen LogP contribution in [-0.2, 0) is 0 Å². The molecule has 3 aromatic carbocycles. The van der Waals surface area contributed by atoms with E-state index in [1.165, 1.54) is 42.8 Å². The van der Waals surface area contributed by atoms with Crippen LogP contribution >= 0.6 is 0 Å². The second-order valence-electron chi connectivity index (χ2n) is 6.91. The number of carbonyl (C=O) groups is 1. The molecule has 0 atom stereocenters. The molecular weight excluding hydrogens is 353 g/mol. The van der Waals surface area contributed by atoms with Crippen LogP contribution in [0.2, 0.25) is 0 Å². The van der Waals surface area contributed by atoms with Gasteiger partial charge in [0.05, 0.1) is 0 Å². The Labute approximate surface area is 164 Å². The van der Waals surface area contributed by atoms with Crippen LogP contribution in [0.15, 0.2) is 72.8 Å². The topological polar surface area (TPSA) is 44.4 Å². The fourth-order valence-electron chi connectivity index (χ4n) is 3.46. The molecule has 1 aliphatic heterocycles. The molecule has 3 aromatic rings. The number of nitrogens with zero attached hydrogens (tertiary/aromatic N) is 1. The van der Waals surface area contributed by atoms with Gasteiger partial charge in [0.1, 0.15) is 5.82 Å². The van der Waals surface area contributed by atoms with Crippen molar-refractivity contribution in [3.63, 3.8) is 0 Å². The van der Waals surface area contributed by atoms with Crippen molar-refractivity contribution in [2.75, 3.05) is 28.6 Å². The van der Waals surface area contributed by atoms with Crippen LogP contribution in [0, 0.1) is 5.82 Å². The molecule has 1 saturated heterocycles. The lowest BCUT2D eigenvalue weighted by Crippen LogP contribution is -2.19. The highest BCUT2D eigenvalue weighted by Gasteiger charge is 2.13. The zero-order valence-corrected chi connectivity index (χ0v) is 15.5. The number of halogens is 1. The van der Waals surface area contributed by atoms with E-state index in [-0.39, 0.29) is 11.8 Å². The van der Waals surface area contributed by atoms with Gasteiger partial charge in [-0.05, 0) is 72.5 Å². The Bertz CT molecular complexity index is 966. The fraction of sp³-hybridized carbons (Fsp3) is 0.174. The van der Waals surface area contributed by atoms with E-state index in [9.17, 15) is 9.18 Å². The van der Waals surface area contributed by atoms with E-state index in [1.54, 1.807) is 0 Å². The van der Waals surface area contributed by atoms with Gasteiger partial charge >= 0.3 is 6.03 Å². The van der Waals surface area contributed by atoms with Crippen LogP contribution in [-0.4, -0.2) is 19.1 Å². The monoisotopic (exact) mass is 375 g/mol. The quantitative estimate of drug-likeness (QED) is 0.611. The maximum Gasteiger partial charge on any atom is 0.323 e. The Hall–Kier alpha value is -3.34. The Morgan fingerprint density at radius 2 is 1.43 bits per heavy atom. The zero-order valence-electron chi connectivity index (χ0n) is 15.5. The van der Waals surface area contributed by atoms with Crippen LogP contribution in [0.3, 0.4) is 0 Å². The van der Waals surface area contributed by atoms with Crippen molar-refractivity contribution in [1.82, 2.24) is 0 Å². The summed E-state index contributed by atoms with van der Waals surface area (Å²) in [5.41, 5.74) is 4.63. The van der Waals surface area contributed by atoms with Gasteiger partial charge in [-0.3, -0.25) is 0 Å². The molecule has 1 fully saturated rings. The first-order chi connectivity index (χ1) is 13.7. The van der Waals surface area contributed by atoms with Crippen molar-refractivity contribution in [2.45, 2.75) is 12.8 Å². The van der Waals surface area contributed by atoms with Gasteiger partial charge in [0.25, 0.3) is 0 Å². The number of urea groups is 1. The lowest BCUT2D eigenvalue weighted by atomic mass is 10.0. The van der Waals surface area contributed by atoms with Crippen LogP contribution in [0.4, 0.5) is 26.2 Å². The predicted molar refractivity (Wildman–Crippen MR) is 112 cm³/mol. The van der Waals surface area contributed by atoms with E-state index in [4.69, 9.17) is 0 Å². The molecule has 4 rings (SSSR count). The van der Waals surface area contributed by atoms with Gasteiger partial charge in [0.2, 0.25) is 0 Å². The molecule has 0 radical (unpaired) electrons. The highest BCUT2D eigenvalue weighted by atomic mass is 19.1. The molecule has 0 aliphatic carbocycles. The zero-order chi connectivity index (χ0) is 19.3. The summed E-state index contributed by atoms with van der Waals surface area (Å²) in [6, 6.07) is 21.5. The summed E-state index contributed by atoms with van der Waals surface area (Å²) in [7, 11) is 0. The highest BCUT2D eigenvalue weighted by Crippen LogP contribution is 2.28. The van der Waals surface area contributed by atoms with Gasteiger partial charge in [0, 0.05) is 30.2 Å². The Morgan fingerprint density at radius 1 is 0.786 bits per heavy atom. The summed E-state index contributed by atoms with van der Waals surface area (Å²) >= 11 is 0. The number of anilines is 3. The number of carbonyl (C=O) groups excluding carboxylic acids is 1. The molecule has 0 unspecified atom stereocenters. The van der Waals surface area contributed by atoms with Gasteiger partial charge < -0.3 is 15.5 Å². The predicted octanol–water partition coefficient (Wildman–Crippen LogP) is 5.74. The van der Waals surface area contributed by atoms with Crippen LogP contribution < -0.4 is 15.5 Å². The first-order valence-electron chi connectivity index (χ1n) is 9.46. The number of rotatable bonds is 4. The highest BCUT2D eigenvalue weighted by molar-refractivity contribution is 6.00. The Balaban J connectivity index is 1.47. The van der Waals surface area contributed by atoms with E-state index in [0.29, 0.717) is 11.4 Å². The van der Waals surface area contributed by atoms with Gasteiger partial charge in [-0.1, -0.05) is 24.3 Å². The molecule has 2 N–H and O–H groups in total. The number of nitrogens with one attached hydrogen (secondary N) is 2. The molecule has 2 amide bonds. The van der Waals surface area contributed by atoms with Crippen LogP contribution in [0.5, 0.6) is 0 Å². The average Bonchev–Trinajstić information content (AvgIpc) is 3.25. The van der Waals surface area contributed by atoms with Crippen molar-refractivity contribution < 1.29 is 9.18 Å². The minimum atomic E-state index is -0.366. The molecule has 28 heavy (non-hydrogen) atoms. The molecule has 1 heterocycles. The summed E-state index contributed by atoms with van der Waals surface area (Å²) in [4.78, 5) is 14.6. The van der Waals surface area contributed by atoms with Crippen molar-refractivity contribution >= 4 is 23.1 Å². The molecular formula is C23H22FN3O. The minimum Gasteiger partial charge on any atom is -0.372 e. The summed E-state index contributed by atoms with van der Waals surface area (Å²) < 4.78 is 13.0. The molecule has 5 heteroatoms. The number of amides is 2. The molecule has 142 valence electrons. The third kappa shape index (κ3) is 4.31. The first-order valence-corrected chi connectivity index (χ1v) is 9.46. The normalized spacial score (nSPS) is 13.4. The summed E-state index contributed by atoms with van der Waals surface area (Å²) in [5, 5.41) is 5.53. The molecule has 0 spiro atoms. The third-order valence-corrected chi connectivity index (χ3v) is 4.87. The lowest BCUT2D eigenvalue weighted by molar-refractivity contribution is 0.262. The molecule has 0 saturated carbocycles. The SMILES string of the molecule is O=C(Nc1ccc(F)cc1)Nc1cccc(-c2cccc(N3CCCC3)c2)c1. The first kappa shape index (κ1) is 18.0. The largest absolute Gasteiger partial charge is 0.372 e. The van der Waals surface area contributed by atoms with Gasteiger partial charge in [0.15, 0.2) is 0 Å². The van der Waals surface area contributed by atoms with E-state index < -0.39 is 0 Å². The summed E-state index contributed by atoms with van der Waals surface area (Å²) in [5.74, 6) is -0.338. The third-order valence-electron chi connectivity index (χ3n) is 4.87. The molecule has 0 bridgehead atoms. The number of hydrogen-bond donors (Lipinski definition) is 2. The van der Waals surface area contributed by atoms with E-state index in [0.717, 1.165) is 24.2 Å². The minimum absolute atomic E-state index is 0.338. The average molecular weight is 375 g/mol. The van der Waals surface area contributed by atoms with Crippen molar-refractivity contribution in [2.24, 2.45) is 0 Å². The maximum absolute atomic E-state index is 13.0. The molecule has 4 nitrogen and oxygen atoms in total. The van der Waals surface area contributed by atoms with E-state index in [1.807, 2.05) is 24.3 Å². The van der Waals surface area contributed by atoms with Crippen LogP contribution in [0.1, 0.15) is 12.8 Å². The Morgan fingerprint density at radius 3 is 2.18 bits per heavy atom. The van der Waals surface area contributed by atoms with Crippen LogP contribution in [0.25, 0.3) is 11.1 Å². The Kier molecular flexibility index (Phi) is 5.24. The maximum atomic E-state index is 13.0. The van der Waals surface area contributed by atoms with Crippen molar-refractivity contribution in [3.8, 4) is 11.1 Å². The molecule has 0 aromatic heterocycles. The smallest absolute Gasteiger partial charge is 0.323 e. The van der Waals surface area contributed by atoms with E-state index in [2.05, 4.69) is 39.8 Å².